The Hall–Kier alpha value is -1.38. The monoisotopic (exact) mass is 178 g/mol. The van der Waals surface area contributed by atoms with E-state index in [9.17, 15) is 4.39 Å². The van der Waals surface area contributed by atoms with Gasteiger partial charge in [-0.25, -0.2) is 4.39 Å². The summed E-state index contributed by atoms with van der Waals surface area (Å²) in [5.74, 6) is -0.195. The summed E-state index contributed by atoms with van der Waals surface area (Å²) >= 11 is 0. The van der Waals surface area contributed by atoms with E-state index in [4.69, 9.17) is 0 Å². The van der Waals surface area contributed by atoms with Crippen molar-refractivity contribution in [1.29, 1.82) is 0 Å². The van der Waals surface area contributed by atoms with Crippen molar-refractivity contribution in [2.24, 2.45) is 5.10 Å². The minimum absolute atomic E-state index is 0.195. The van der Waals surface area contributed by atoms with Crippen LogP contribution in [0.5, 0.6) is 0 Å². The maximum Gasteiger partial charge on any atom is 0.123 e. The molecular formula is C10H11FN2. The Labute approximate surface area is 76.5 Å². The van der Waals surface area contributed by atoms with Crippen LogP contribution in [0.25, 0.3) is 0 Å². The molecule has 1 heterocycles. The first-order chi connectivity index (χ1) is 6.25. The van der Waals surface area contributed by atoms with E-state index >= 15 is 0 Å². The Balaban J connectivity index is 2.14. The van der Waals surface area contributed by atoms with Crippen molar-refractivity contribution in [2.45, 2.75) is 19.4 Å². The highest BCUT2D eigenvalue weighted by atomic mass is 19.1. The standard InChI is InChI=1S/C10H11FN2/c1-7-6-10(13-12-7)8-2-4-9(11)5-3-8/h2-5,10,13H,6H2,1H3. The fourth-order valence-corrected chi connectivity index (χ4v) is 1.46. The molecule has 0 fully saturated rings. The fraction of sp³-hybridized carbons (Fsp3) is 0.300. The fourth-order valence-electron chi connectivity index (χ4n) is 1.46. The lowest BCUT2D eigenvalue weighted by Crippen LogP contribution is -2.09. The Morgan fingerprint density at radius 3 is 2.62 bits per heavy atom. The molecular weight excluding hydrogens is 167 g/mol. The smallest absolute Gasteiger partial charge is 0.123 e. The first kappa shape index (κ1) is 8.23. The third-order valence-electron chi connectivity index (χ3n) is 2.18. The summed E-state index contributed by atoms with van der Waals surface area (Å²) in [5, 5.41) is 4.09. The molecule has 3 heteroatoms. The van der Waals surface area contributed by atoms with Crippen LogP contribution in [0, 0.1) is 5.82 Å². The maximum absolute atomic E-state index is 12.6. The van der Waals surface area contributed by atoms with E-state index in [2.05, 4.69) is 10.5 Å². The Morgan fingerprint density at radius 2 is 2.08 bits per heavy atom. The lowest BCUT2D eigenvalue weighted by Gasteiger charge is -2.09. The predicted molar refractivity (Wildman–Crippen MR) is 50.0 cm³/mol. The number of nitrogens with one attached hydrogen (secondary N) is 1. The van der Waals surface area contributed by atoms with Gasteiger partial charge in [0.1, 0.15) is 5.82 Å². The van der Waals surface area contributed by atoms with Crippen LogP contribution in [0.1, 0.15) is 24.9 Å². The lowest BCUT2D eigenvalue weighted by molar-refractivity contribution is 0.607. The third-order valence-corrected chi connectivity index (χ3v) is 2.18. The molecule has 0 bridgehead atoms. The Kier molecular flexibility index (Phi) is 2.00. The van der Waals surface area contributed by atoms with E-state index in [1.165, 1.54) is 12.1 Å². The largest absolute Gasteiger partial charge is 0.302 e. The van der Waals surface area contributed by atoms with Gasteiger partial charge in [-0.15, -0.1) is 0 Å². The van der Waals surface area contributed by atoms with E-state index in [1.807, 2.05) is 6.92 Å². The van der Waals surface area contributed by atoms with Gasteiger partial charge in [-0.05, 0) is 24.6 Å². The third kappa shape index (κ3) is 1.69. The van der Waals surface area contributed by atoms with Crippen LogP contribution in [0.15, 0.2) is 29.4 Å². The zero-order valence-electron chi connectivity index (χ0n) is 7.42. The summed E-state index contributed by atoms with van der Waals surface area (Å²) in [6.07, 6.45) is 0.908. The molecule has 2 rings (SSSR count). The molecule has 1 aliphatic rings. The summed E-state index contributed by atoms with van der Waals surface area (Å²) < 4.78 is 12.6. The number of rotatable bonds is 1. The van der Waals surface area contributed by atoms with Gasteiger partial charge in [0.05, 0.1) is 6.04 Å². The van der Waals surface area contributed by atoms with E-state index in [1.54, 1.807) is 12.1 Å². The lowest BCUT2D eigenvalue weighted by atomic mass is 10.0. The van der Waals surface area contributed by atoms with Gasteiger partial charge >= 0.3 is 0 Å². The zero-order valence-corrected chi connectivity index (χ0v) is 7.42. The normalized spacial score (nSPS) is 21.1. The molecule has 1 unspecified atom stereocenters. The van der Waals surface area contributed by atoms with Crippen LogP contribution in [0.2, 0.25) is 0 Å². The summed E-state index contributed by atoms with van der Waals surface area (Å²) in [4.78, 5) is 0. The van der Waals surface area contributed by atoms with Crippen LogP contribution in [-0.2, 0) is 0 Å². The number of benzene rings is 1. The van der Waals surface area contributed by atoms with E-state index < -0.39 is 0 Å². The average molecular weight is 178 g/mol. The molecule has 0 amide bonds. The van der Waals surface area contributed by atoms with E-state index in [0.717, 1.165) is 17.7 Å². The molecule has 1 N–H and O–H groups in total. The minimum Gasteiger partial charge on any atom is -0.302 e. The van der Waals surface area contributed by atoms with Gasteiger partial charge in [0.25, 0.3) is 0 Å². The molecule has 0 aromatic heterocycles. The van der Waals surface area contributed by atoms with Crippen LogP contribution < -0.4 is 5.43 Å². The maximum atomic E-state index is 12.6. The second-order valence-electron chi connectivity index (χ2n) is 3.28. The molecule has 1 aliphatic heterocycles. The van der Waals surface area contributed by atoms with Gasteiger partial charge in [0, 0.05) is 12.1 Å². The summed E-state index contributed by atoms with van der Waals surface area (Å²) in [6, 6.07) is 6.76. The first-order valence-corrected chi connectivity index (χ1v) is 4.30. The molecule has 1 atom stereocenters. The minimum atomic E-state index is -0.195. The number of nitrogens with zero attached hydrogens (tertiary/aromatic N) is 1. The highest BCUT2D eigenvalue weighted by molar-refractivity contribution is 5.83. The van der Waals surface area contributed by atoms with Crippen molar-refractivity contribution in [1.82, 2.24) is 5.43 Å². The van der Waals surface area contributed by atoms with E-state index in [0.29, 0.717) is 0 Å². The molecule has 13 heavy (non-hydrogen) atoms. The van der Waals surface area contributed by atoms with Gasteiger partial charge in [-0.2, -0.15) is 5.10 Å². The van der Waals surface area contributed by atoms with Crippen molar-refractivity contribution in [2.75, 3.05) is 0 Å². The molecule has 0 saturated carbocycles. The SMILES string of the molecule is CC1=NNC(c2ccc(F)cc2)C1. The van der Waals surface area contributed by atoms with Crippen molar-refractivity contribution >= 4 is 5.71 Å². The van der Waals surface area contributed by atoms with Gasteiger partial charge in [0.15, 0.2) is 0 Å². The first-order valence-electron chi connectivity index (χ1n) is 4.30. The molecule has 0 spiro atoms. The molecule has 68 valence electrons. The van der Waals surface area contributed by atoms with E-state index in [-0.39, 0.29) is 11.9 Å². The Bertz CT molecular complexity index is 329. The van der Waals surface area contributed by atoms with Crippen molar-refractivity contribution < 1.29 is 4.39 Å². The van der Waals surface area contributed by atoms with Gasteiger partial charge in [-0.3, -0.25) is 0 Å². The van der Waals surface area contributed by atoms with Crippen LogP contribution in [0.3, 0.4) is 0 Å². The summed E-state index contributed by atoms with van der Waals surface area (Å²) in [7, 11) is 0. The second kappa shape index (κ2) is 3.17. The number of hydrazone groups is 1. The second-order valence-corrected chi connectivity index (χ2v) is 3.28. The predicted octanol–water partition coefficient (Wildman–Crippen LogP) is 2.24. The number of hydrogen-bond acceptors (Lipinski definition) is 2. The zero-order chi connectivity index (χ0) is 9.26. The Morgan fingerprint density at radius 1 is 1.38 bits per heavy atom. The number of hydrogen-bond donors (Lipinski definition) is 1. The average Bonchev–Trinajstić information content (AvgIpc) is 2.53. The molecule has 1 aromatic rings. The molecule has 0 aliphatic carbocycles. The topological polar surface area (TPSA) is 24.4 Å². The van der Waals surface area contributed by atoms with Gasteiger partial charge in [0.2, 0.25) is 0 Å². The van der Waals surface area contributed by atoms with Crippen LogP contribution >= 0.6 is 0 Å². The summed E-state index contributed by atoms with van der Waals surface area (Å²) in [6.45, 7) is 1.98. The highest BCUT2D eigenvalue weighted by Crippen LogP contribution is 2.21. The number of halogens is 1. The van der Waals surface area contributed by atoms with Crippen LogP contribution in [-0.4, -0.2) is 5.71 Å². The van der Waals surface area contributed by atoms with Gasteiger partial charge in [-0.1, -0.05) is 12.1 Å². The van der Waals surface area contributed by atoms with Crippen molar-refractivity contribution in [3.63, 3.8) is 0 Å². The molecule has 0 saturated heterocycles. The quantitative estimate of drug-likeness (QED) is 0.700. The van der Waals surface area contributed by atoms with Crippen molar-refractivity contribution in [3.05, 3.63) is 35.6 Å². The van der Waals surface area contributed by atoms with Crippen molar-refractivity contribution in [3.8, 4) is 0 Å². The van der Waals surface area contributed by atoms with Crippen LogP contribution in [0.4, 0.5) is 4.39 Å². The molecule has 1 aromatic carbocycles. The molecule has 0 radical (unpaired) electrons. The molecule has 2 nitrogen and oxygen atoms in total. The highest BCUT2D eigenvalue weighted by Gasteiger charge is 2.16. The van der Waals surface area contributed by atoms with Gasteiger partial charge < -0.3 is 5.43 Å². The summed E-state index contributed by atoms with van der Waals surface area (Å²) in [5.41, 5.74) is 5.18.